The maximum absolute atomic E-state index is 12.3. The molecule has 28 heavy (non-hydrogen) atoms. The third-order valence-corrected chi connectivity index (χ3v) is 4.09. The van der Waals surface area contributed by atoms with E-state index in [1.54, 1.807) is 18.4 Å². The lowest BCUT2D eigenvalue weighted by atomic mass is 10.1. The summed E-state index contributed by atoms with van der Waals surface area (Å²) in [6, 6.07) is 20.5. The number of rotatable bonds is 7. The van der Waals surface area contributed by atoms with Crippen LogP contribution in [0.1, 0.15) is 21.7 Å². The number of nitrogens with zero attached hydrogens (tertiary/aromatic N) is 2. The van der Waals surface area contributed by atoms with Gasteiger partial charge in [-0.3, -0.25) is 4.79 Å². The van der Waals surface area contributed by atoms with Crippen molar-refractivity contribution >= 4 is 11.9 Å². The van der Waals surface area contributed by atoms with Crippen LogP contribution in [-0.4, -0.2) is 16.0 Å². The number of furan rings is 1. The number of carbonyl (C=O) groups is 1. The molecule has 0 bridgehead atoms. The summed E-state index contributed by atoms with van der Waals surface area (Å²) in [5, 5.41) is 9.88. The van der Waals surface area contributed by atoms with E-state index in [0.29, 0.717) is 36.3 Å². The number of hydrogen-bond acceptors (Lipinski definition) is 6. The molecule has 2 N–H and O–H groups in total. The van der Waals surface area contributed by atoms with Gasteiger partial charge in [-0.2, -0.15) is 4.98 Å². The molecule has 140 valence electrons. The number of aromatic nitrogens is 2. The van der Waals surface area contributed by atoms with Crippen LogP contribution >= 0.6 is 0 Å². The molecule has 0 fully saturated rings. The SMILES string of the molecule is O=C(NCc1ccco1)c1cccc(CNc2noc(-c3ccccc3)n2)c1. The minimum Gasteiger partial charge on any atom is -0.467 e. The zero-order valence-corrected chi connectivity index (χ0v) is 15.0. The van der Waals surface area contributed by atoms with Gasteiger partial charge in [0.15, 0.2) is 0 Å². The maximum atomic E-state index is 12.3. The van der Waals surface area contributed by atoms with Gasteiger partial charge in [0.25, 0.3) is 17.7 Å². The highest BCUT2D eigenvalue weighted by atomic mass is 16.5. The zero-order valence-electron chi connectivity index (χ0n) is 15.0. The van der Waals surface area contributed by atoms with Crippen molar-refractivity contribution in [2.75, 3.05) is 5.32 Å². The molecule has 0 unspecified atom stereocenters. The lowest BCUT2D eigenvalue weighted by molar-refractivity contribution is 0.0948. The van der Waals surface area contributed by atoms with Gasteiger partial charge in [0, 0.05) is 17.7 Å². The quantitative estimate of drug-likeness (QED) is 0.510. The third kappa shape index (κ3) is 4.27. The van der Waals surface area contributed by atoms with Crippen LogP contribution in [0.5, 0.6) is 0 Å². The van der Waals surface area contributed by atoms with Crippen LogP contribution in [0.4, 0.5) is 5.95 Å². The summed E-state index contributed by atoms with van der Waals surface area (Å²) in [5.74, 6) is 1.39. The standard InChI is InChI=1S/C21H18N4O3/c26-19(22-14-18-10-5-11-27-18)17-9-4-6-15(12-17)13-23-21-24-20(28-25-21)16-7-2-1-3-8-16/h1-12H,13-14H2,(H,22,26)(H,23,25). The summed E-state index contributed by atoms with van der Waals surface area (Å²) < 4.78 is 10.5. The van der Waals surface area contributed by atoms with Gasteiger partial charge in [0.05, 0.1) is 12.8 Å². The number of hydrogen-bond donors (Lipinski definition) is 2. The first-order valence-electron chi connectivity index (χ1n) is 8.80. The van der Waals surface area contributed by atoms with E-state index in [9.17, 15) is 4.79 Å². The van der Waals surface area contributed by atoms with Crippen LogP contribution in [0.2, 0.25) is 0 Å². The van der Waals surface area contributed by atoms with Crippen molar-refractivity contribution in [3.05, 3.63) is 89.9 Å². The Morgan fingerprint density at radius 3 is 2.68 bits per heavy atom. The van der Waals surface area contributed by atoms with Crippen molar-refractivity contribution in [3.8, 4) is 11.5 Å². The summed E-state index contributed by atoms with van der Waals surface area (Å²) in [4.78, 5) is 16.6. The molecule has 0 spiro atoms. The molecule has 0 saturated heterocycles. The van der Waals surface area contributed by atoms with Crippen LogP contribution < -0.4 is 10.6 Å². The van der Waals surface area contributed by atoms with Crippen LogP contribution in [0.15, 0.2) is 81.9 Å². The molecule has 0 aliphatic rings. The molecule has 2 aromatic carbocycles. The zero-order chi connectivity index (χ0) is 19.2. The minimum absolute atomic E-state index is 0.163. The van der Waals surface area contributed by atoms with E-state index in [1.165, 1.54) is 0 Å². The molecule has 7 heteroatoms. The van der Waals surface area contributed by atoms with Crippen molar-refractivity contribution in [1.82, 2.24) is 15.5 Å². The molecule has 0 aliphatic carbocycles. The largest absolute Gasteiger partial charge is 0.467 e. The van der Waals surface area contributed by atoms with Gasteiger partial charge in [0.1, 0.15) is 5.76 Å². The normalized spacial score (nSPS) is 10.6. The Kier molecular flexibility index (Phi) is 5.15. The fourth-order valence-electron chi connectivity index (χ4n) is 2.68. The van der Waals surface area contributed by atoms with E-state index < -0.39 is 0 Å². The lowest BCUT2D eigenvalue weighted by Gasteiger charge is -2.06. The van der Waals surface area contributed by atoms with E-state index in [1.807, 2.05) is 54.6 Å². The van der Waals surface area contributed by atoms with E-state index in [2.05, 4.69) is 20.8 Å². The first kappa shape index (κ1) is 17.5. The molecule has 0 radical (unpaired) electrons. The van der Waals surface area contributed by atoms with Gasteiger partial charge >= 0.3 is 0 Å². The topological polar surface area (TPSA) is 93.2 Å². The average molecular weight is 374 g/mol. The smallest absolute Gasteiger partial charge is 0.264 e. The first-order chi connectivity index (χ1) is 13.8. The number of amides is 1. The molecule has 2 aromatic heterocycles. The second-order valence-electron chi connectivity index (χ2n) is 6.11. The Bertz CT molecular complexity index is 1040. The molecule has 4 aromatic rings. The molecular formula is C21H18N4O3. The number of nitrogens with one attached hydrogen (secondary N) is 2. The van der Waals surface area contributed by atoms with Crippen LogP contribution in [0.25, 0.3) is 11.5 Å². The number of anilines is 1. The van der Waals surface area contributed by atoms with Crippen LogP contribution in [-0.2, 0) is 13.1 Å². The van der Waals surface area contributed by atoms with Crippen molar-refractivity contribution in [2.24, 2.45) is 0 Å². The second-order valence-corrected chi connectivity index (χ2v) is 6.11. The molecular weight excluding hydrogens is 356 g/mol. The average Bonchev–Trinajstić information content (AvgIpc) is 3.43. The van der Waals surface area contributed by atoms with Gasteiger partial charge in [-0.25, -0.2) is 0 Å². The highest BCUT2D eigenvalue weighted by Crippen LogP contribution is 2.18. The number of benzene rings is 2. The molecule has 0 aliphatic heterocycles. The first-order valence-corrected chi connectivity index (χ1v) is 8.80. The van der Waals surface area contributed by atoms with Crippen LogP contribution in [0.3, 0.4) is 0 Å². The van der Waals surface area contributed by atoms with E-state index >= 15 is 0 Å². The van der Waals surface area contributed by atoms with Crippen molar-refractivity contribution in [3.63, 3.8) is 0 Å². The van der Waals surface area contributed by atoms with Crippen molar-refractivity contribution in [1.29, 1.82) is 0 Å². The molecule has 1 amide bonds. The summed E-state index contributed by atoms with van der Waals surface area (Å²) in [5.41, 5.74) is 2.36. The minimum atomic E-state index is -0.163. The van der Waals surface area contributed by atoms with Crippen molar-refractivity contribution in [2.45, 2.75) is 13.1 Å². The Morgan fingerprint density at radius 2 is 1.86 bits per heavy atom. The highest BCUT2D eigenvalue weighted by molar-refractivity contribution is 5.94. The highest BCUT2D eigenvalue weighted by Gasteiger charge is 2.09. The predicted molar refractivity (Wildman–Crippen MR) is 103 cm³/mol. The van der Waals surface area contributed by atoms with Crippen molar-refractivity contribution < 1.29 is 13.7 Å². The summed E-state index contributed by atoms with van der Waals surface area (Å²) in [7, 11) is 0. The van der Waals surface area contributed by atoms with Gasteiger partial charge in [-0.05, 0) is 47.1 Å². The molecule has 4 rings (SSSR count). The number of carbonyl (C=O) groups excluding carboxylic acids is 1. The maximum Gasteiger partial charge on any atom is 0.264 e. The summed E-state index contributed by atoms with van der Waals surface area (Å²) in [6.07, 6.45) is 1.58. The van der Waals surface area contributed by atoms with Gasteiger partial charge in [-0.15, -0.1) is 0 Å². The van der Waals surface area contributed by atoms with Gasteiger partial charge < -0.3 is 19.6 Å². The third-order valence-electron chi connectivity index (χ3n) is 4.09. The Balaban J connectivity index is 1.36. The van der Waals surface area contributed by atoms with Crippen LogP contribution in [0, 0.1) is 0 Å². The van der Waals surface area contributed by atoms with Gasteiger partial charge in [0.2, 0.25) is 0 Å². The van der Waals surface area contributed by atoms with E-state index in [4.69, 9.17) is 8.94 Å². The molecule has 0 atom stereocenters. The summed E-state index contributed by atoms with van der Waals surface area (Å²) in [6.45, 7) is 0.812. The lowest BCUT2D eigenvalue weighted by Crippen LogP contribution is -2.22. The predicted octanol–water partition coefficient (Wildman–Crippen LogP) is 3.87. The van der Waals surface area contributed by atoms with Gasteiger partial charge in [-0.1, -0.05) is 30.3 Å². The van der Waals surface area contributed by atoms with E-state index in [-0.39, 0.29) is 5.91 Å². The second kappa shape index (κ2) is 8.22. The Hall–Kier alpha value is -3.87. The fraction of sp³-hybridized carbons (Fsp3) is 0.0952. The monoisotopic (exact) mass is 374 g/mol. The summed E-state index contributed by atoms with van der Waals surface area (Å²) >= 11 is 0. The molecule has 0 saturated carbocycles. The molecule has 7 nitrogen and oxygen atoms in total. The van der Waals surface area contributed by atoms with E-state index in [0.717, 1.165) is 11.1 Å². The molecule has 2 heterocycles. The Labute approximate surface area is 161 Å². The fourth-order valence-corrected chi connectivity index (χ4v) is 2.68. The Morgan fingerprint density at radius 1 is 0.964 bits per heavy atom.